The molecule has 0 saturated carbocycles. The molecule has 0 atom stereocenters. The zero-order valence-electron chi connectivity index (χ0n) is 8.39. The van der Waals surface area contributed by atoms with Crippen LogP contribution in [0.5, 0.6) is 5.75 Å². The van der Waals surface area contributed by atoms with E-state index in [1.807, 2.05) is 0 Å². The van der Waals surface area contributed by atoms with Gasteiger partial charge in [-0.1, -0.05) is 0 Å². The van der Waals surface area contributed by atoms with Crippen LogP contribution in [0, 0.1) is 10.1 Å². The maximum Gasteiger partial charge on any atom is 0.406 e. The standard InChI is InChI=1S/C8H6F2N2O5/c1-17-4-2-3(8(13)14)5(6(9)10)11-7(4)12(15)16/h2,6H,1H3,(H,13,14). The van der Waals surface area contributed by atoms with Gasteiger partial charge in [0, 0.05) is 6.07 Å². The number of nitrogens with zero attached hydrogens (tertiary/aromatic N) is 2. The second-order valence-electron chi connectivity index (χ2n) is 2.81. The Morgan fingerprint density at radius 3 is 2.59 bits per heavy atom. The number of pyridine rings is 1. The van der Waals surface area contributed by atoms with E-state index in [1.165, 1.54) is 0 Å². The van der Waals surface area contributed by atoms with Gasteiger partial charge in [0.05, 0.1) is 7.11 Å². The van der Waals surface area contributed by atoms with Gasteiger partial charge in [-0.3, -0.25) is 0 Å². The molecule has 1 heterocycles. The molecule has 0 aliphatic rings. The number of ether oxygens (including phenoxy) is 1. The van der Waals surface area contributed by atoms with Crippen molar-refractivity contribution in [3.8, 4) is 5.75 Å². The fraction of sp³-hybridized carbons (Fsp3) is 0.250. The third-order valence-electron chi connectivity index (χ3n) is 1.83. The van der Waals surface area contributed by atoms with Crippen molar-refractivity contribution < 1.29 is 28.3 Å². The Balaban J connectivity index is 3.53. The average molecular weight is 248 g/mol. The van der Waals surface area contributed by atoms with Crippen LogP contribution >= 0.6 is 0 Å². The zero-order valence-corrected chi connectivity index (χ0v) is 8.39. The van der Waals surface area contributed by atoms with Crippen molar-refractivity contribution in [2.45, 2.75) is 6.43 Å². The van der Waals surface area contributed by atoms with Gasteiger partial charge in [0.15, 0.2) is 0 Å². The molecular weight excluding hydrogens is 242 g/mol. The van der Waals surface area contributed by atoms with Gasteiger partial charge in [0.1, 0.15) is 5.56 Å². The highest BCUT2D eigenvalue weighted by molar-refractivity contribution is 5.89. The topological polar surface area (TPSA) is 103 Å². The van der Waals surface area contributed by atoms with Crippen LogP contribution < -0.4 is 4.74 Å². The number of aromatic carboxylic acids is 1. The molecule has 0 radical (unpaired) electrons. The van der Waals surface area contributed by atoms with Gasteiger partial charge >= 0.3 is 18.2 Å². The van der Waals surface area contributed by atoms with Crippen LogP contribution in [-0.4, -0.2) is 28.1 Å². The Kier molecular flexibility index (Phi) is 3.51. The Hall–Kier alpha value is -2.32. The summed E-state index contributed by atoms with van der Waals surface area (Å²) in [7, 11) is 1.04. The number of hydrogen-bond donors (Lipinski definition) is 1. The summed E-state index contributed by atoms with van der Waals surface area (Å²) in [6.07, 6.45) is -3.23. The lowest BCUT2D eigenvalue weighted by Crippen LogP contribution is -2.09. The first-order chi connectivity index (χ1) is 7.88. The molecule has 9 heteroatoms. The Labute approximate surface area is 92.8 Å². The SMILES string of the molecule is COc1cc(C(=O)O)c(C(F)F)nc1[N+](=O)[O-]. The highest BCUT2D eigenvalue weighted by atomic mass is 19.3. The second-order valence-corrected chi connectivity index (χ2v) is 2.81. The van der Waals surface area contributed by atoms with E-state index in [2.05, 4.69) is 9.72 Å². The number of nitro groups is 1. The van der Waals surface area contributed by atoms with E-state index >= 15 is 0 Å². The molecule has 1 aromatic heterocycles. The first-order valence-corrected chi connectivity index (χ1v) is 4.13. The quantitative estimate of drug-likeness (QED) is 0.641. The lowest BCUT2D eigenvalue weighted by atomic mass is 10.2. The molecule has 0 unspecified atom stereocenters. The molecule has 1 rings (SSSR count). The van der Waals surface area contributed by atoms with E-state index in [0.717, 1.165) is 7.11 Å². The molecule has 17 heavy (non-hydrogen) atoms. The number of methoxy groups -OCH3 is 1. The van der Waals surface area contributed by atoms with Gasteiger partial charge in [0.25, 0.3) is 0 Å². The van der Waals surface area contributed by atoms with Crippen LogP contribution in [0.1, 0.15) is 22.5 Å². The van der Waals surface area contributed by atoms with E-state index in [-0.39, 0.29) is 0 Å². The van der Waals surface area contributed by atoms with Crippen LogP contribution in [0.25, 0.3) is 0 Å². The molecule has 0 aliphatic heterocycles. The van der Waals surface area contributed by atoms with Crippen LogP contribution in [0.4, 0.5) is 14.6 Å². The highest BCUT2D eigenvalue weighted by Gasteiger charge is 2.31. The predicted molar refractivity (Wildman–Crippen MR) is 49.4 cm³/mol. The molecule has 0 aromatic carbocycles. The van der Waals surface area contributed by atoms with E-state index in [0.29, 0.717) is 6.07 Å². The molecule has 0 saturated heterocycles. The normalized spacial score (nSPS) is 10.4. The van der Waals surface area contributed by atoms with Crippen molar-refractivity contribution in [1.29, 1.82) is 0 Å². The molecule has 0 fully saturated rings. The third-order valence-corrected chi connectivity index (χ3v) is 1.83. The van der Waals surface area contributed by atoms with Crippen LogP contribution in [0.3, 0.4) is 0 Å². The fourth-order valence-corrected chi connectivity index (χ4v) is 1.12. The fourth-order valence-electron chi connectivity index (χ4n) is 1.12. The predicted octanol–water partition coefficient (Wildman–Crippen LogP) is 1.63. The summed E-state index contributed by atoms with van der Waals surface area (Å²) >= 11 is 0. The van der Waals surface area contributed by atoms with E-state index in [1.54, 1.807) is 0 Å². The van der Waals surface area contributed by atoms with E-state index < -0.39 is 40.1 Å². The number of aromatic nitrogens is 1. The summed E-state index contributed by atoms with van der Waals surface area (Å²) in [4.78, 5) is 23.2. The first kappa shape index (κ1) is 12.7. The summed E-state index contributed by atoms with van der Waals surface area (Å²) in [6.45, 7) is 0. The molecule has 0 bridgehead atoms. The van der Waals surface area contributed by atoms with Crippen molar-refractivity contribution in [3.63, 3.8) is 0 Å². The average Bonchev–Trinajstić information content (AvgIpc) is 2.26. The molecule has 1 aromatic rings. The van der Waals surface area contributed by atoms with Crippen molar-refractivity contribution in [3.05, 3.63) is 27.4 Å². The number of hydrogen-bond acceptors (Lipinski definition) is 5. The minimum absolute atomic E-state index is 0.489. The smallest absolute Gasteiger partial charge is 0.406 e. The summed E-state index contributed by atoms with van der Waals surface area (Å²) < 4.78 is 29.5. The summed E-state index contributed by atoms with van der Waals surface area (Å²) in [6, 6.07) is 0.648. The third kappa shape index (κ3) is 2.44. The Bertz CT molecular complexity index is 477. The second kappa shape index (κ2) is 4.68. The van der Waals surface area contributed by atoms with Gasteiger partial charge < -0.3 is 20.0 Å². The van der Waals surface area contributed by atoms with Crippen molar-refractivity contribution in [2.75, 3.05) is 7.11 Å². The molecule has 1 N–H and O–H groups in total. The van der Waals surface area contributed by atoms with E-state index in [4.69, 9.17) is 5.11 Å². The number of rotatable bonds is 4. The van der Waals surface area contributed by atoms with E-state index in [9.17, 15) is 23.7 Å². The maximum absolute atomic E-state index is 12.5. The van der Waals surface area contributed by atoms with Crippen LogP contribution in [0.15, 0.2) is 6.07 Å². The van der Waals surface area contributed by atoms with Crippen molar-refractivity contribution in [2.24, 2.45) is 0 Å². The maximum atomic E-state index is 12.5. The van der Waals surface area contributed by atoms with Gasteiger partial charge in [-0.2, -0.15) is 0 Å². The summed E-state index contributed by atoms with van der Waals surface area (Å²) in [5.41, 5.74) is -1.99. The molecule has 92 valence electrons. The number of alkyl halides is 2. The number of carbonyl (C=O) groups is 1. The highest BCUT2D eigenvalue weighted by Crippen LogP contribution is 2.31. The Morgan fingerprint density at radius 1 is 1.65 bits per heavy atom. The molecule has 0 spiro atoms. The van der Waals surface area contributed by atoms with Gasteiger partial charge in [-0.05, 0) is 9.91 Å². The number of halogens is 2. The van der Waals surface area contributed by atoms with Gasteiger partial charge in [-0.15, -0.1) is 0 Å². The first-order valence-electron chi connectivity index (χ1n) is 4.13. The molecule has 0 amide bonds. The monoisotopic (exact) mass is 248 g/mol. The summed E-state index contributed by atoms with van der Waals surface area (Å²) in [5, 5.41) is 19.2. The van der Waals surface area contributed by atoms with Gasteiger partial charge in [0.2, 0.25) is 11.4 Å². The molecular formula is C8H6F2N2O5. The largest absolute Gasteiger partial charge is 0.489 e. The lowest BCUT2D eigenvalue weighted by molar-refractivity contribution is -0.390. The minimum atomic E-state index is -3.23. The number of carboxylic acids is 1. The molecule has 0 aliphatic carbocycles. The molecule has 7 nitrogen and oxygen atoms in total. The minimum Gasteiger partial charge on any atom is -0.489 e. The van der Waals surface area contributed by atoms with Gasteiger partial charge in [-0.25, -0.2) is 13.6 Å². The number of carboxylic acid groups (broad SMARTS) is 1. The summed E-state index contributed by atoms with van der Waals surface area (Å²) in [5.74, 6) is -3.11. The lowest BCUT2D eigenvalue weighted by Gasteiger charge is -2.05. The van der Waals surface area contributed by atoms with Crippen LogP contribution in [0.2, 0.25) is 0 Å². The van der Waals surface area contributed by atoms with Crippen LogP contribution in [-0.2, 0) is 0 Å². The zero-order chi connectivity index (χ0) is 13.2. The van der Waals surface area contributed by atoms with Crippen molar-refractivity contribution in [1.82, 2.24) is 4.98 Å². The Morgan fingerprint density at radius 2 is 2.24 bits per heavy atom. The van der Waals surface area contributed by atoms with Crippen molar-refractivity contribution >= 4 is 11.8 Å².